The third kappa shape index (κ3) is 3.57. The third-order valence-electron chi connectivity index (χ3n) is 5.35. The quantitative estimate of drug-likeness (QED) is 0.825. The molecular weight excluding hydrogens is 335 g/mol. The van der Waals surface area contributed by atoms with Gasteiger partial charge in [-0.2, -0.15) is 0 Å². The fourth-order valence-corrected chi connectivity index (χ4v) is 3.86. The molecule has 0 aromatic carbocycles. The van der Waals surface area contributed by atoms with Crippen molar-refractivity contribution in [3.63, 3.8) is 0 Å². The molecule has 1 unspecified atom stereocenters. The summed E-state index contributed by atoms with van der Waals surface area (Å²) in [5, 5.41) is 8.91. The van der Waals surface area contributed by atoms with E-state index in [2.05, 4.69) is 29.5 Å². The van der Waals surface area contributed by atoms with Gasteiger partial charge in [-0.05, 0) is 18.9 Å². The molecule has 2 fully saturated rings. The molecule has 2 aliphatic rings. The van der Waals surface area contributed by atoms with Crippen molar-refractivity contribution in [1.29, 1.82) is 0 Å². The Labute approximate surface area is 152 Å². The molecule has 2 saturated heterocycles. The van der Waals surface area contributed by atoms with Gasteiger partial charge in [0.2, 0.25) is 0 Å². The van der Waals surface area contributed by atoms with Crippen molar-refractivity contribution in [3.05, 3.63) is 35.9 Å². The molecule has 2 aliphatic heterocycles. The SMILES string of the molecule is Cn1c(CN2CCOCC2)nnc1C1CCCN(c2ccncc2F)C1. The maximum Gasteiger partial charge on any atom is 0.164 e. The molecule has 0 bridgehead atoms. The van der Waals surface area contributed by atoms with Gasteiger partial charge in [0.15, 0.2) is 5.82 Å². The van der Waals surface area contributed by atoms with E-state index in [1.54, 1.807) is 12.3 Å². The first-order valence-electron chi connectivity index (χ1n) is 9.25. The van der Waals surface area contributed by atoms with E-state index in [-0.39, 0.29) is 11.7 Å². The second-order valence-corrected chi connectivity index (χ2v) is 7.03. The number of halogens is 1. The molecule has 8 heteroatoms. The maximum absolute atomic E-state index is 14.1. The van der Waals surface area contributed by atoms with Gasteiger partial charge in [-0.15, -0.1) is 10.2 Å². The summed E-state index contributed by atoms with van der Waals surface area (Å²) in [6, 6.07) is 1.75. The summed E-state index contributed by atoms with van der Waals surface area (Å²) in [7, 11) is 2.04. The first-order valence-corrected chi connectivity index (χ1v) is 9.25. The van der Waals surface area contributed by atoms with Crippen molar-refractivity contribution in [2.45, 2.75) is 25.3 Å². The second-order valence-electron chi connectivity index (χ2n) is 7.03. The Morgan fingerprint density at radius 1 is 1.23 bits per heavy atom. The molecule has 0 aliphatic carbocycles. The molecule has 140 valence electrons. The summed E-state index contributed by atoms with van der Waals surface area (Å²) in [5.41, 5.74) is 0.625. The summed E-state index contributed by atoms with van der Waals surface area (Å²) in [6.45, 7) is 5.82. The second kappa shape index (κ2) is 7.67. The Bertz CT molecular complexity index is 745. The molecule has 0 N–H and O–H groups in total. The van der Waals surface area contributed by atoms with Crippen LogP contribution in [0, 0.1) is 5.82 Å². The molecule has 2 aromatic heterocycles. The van der Waals surface area contributed by atoms with Crippen LogP contribution in [0.4, 0.5) is 10.1 Å². The Hall–Kier alpha value is -2.06. The van der Waals surface area contributed by atoms with Crippen molar-refractivity contribution in [3.8, 4) is 0 Å². The number of hydrogen-bond acceptors (Lipinski definition) is 6. The van der Waals surface area contributed by atoms with Crippen molar-refractivity contribution < 1.29 is 9.13 Å². The Morgan fingerprint density at radius 2 is 2.08 bits per heavy atom. The highest BCUT2D eigenvalue weighted by molar-refractivity contribution is 5.47. The molecule has 4 rings (SSSR count). The van der Waals surface area contributed by atoms with Gasteiger partial charge in [-0.3, -0.25) is 9.88 Å². The molecule has 7 nitrogen and oxygen atoms in total. The highest BCUT2D eigenvalue weighted by atomic mass is 19.1. The number of aromatic nitrogens is 4. The largest absolute Gasteiger partial charge is 0.379 e. The molecule has 2 aromatic rings. The molecule has 0 radical (unpaired) electrons. The zero-order valence-electron chi connectivity index (χ0n) is 15.1. The minimum Gasteiger partial charge on any atom is -0.379 e. The van der Waals surface area contributed by atoms with Gasteiger partial charge < -0.3 is 14.2 Å². The predicted octanol–water partition coefficient (Wildman–Crippen LogP) is 1.57. The van der Waals surface area contributed by atoms with Gasteiger partial charge in [0, 0.05) is 45.3 Å². The van der Waals surface area contributed by atoms with E-state index in [1.807, 2.05) is 7.05 Å². The number of hydrogen-bond donors (Lipinski definition) is 0. The van der Waals surface area contributed by atoms with Crippen LogP contribution in [-0.4, -0.2) is 64.0 Å². The number of piperidine rings is 1. The topological polar surface area (TPSA) is 59.3 Å². The Morgan fingerprint density at radius 3 is 2.88 bits per heavy atom. The number of nitrogens with zero attached hydrogens (tertiary/aromatic N) is 6. The van der Waals surface area contributed by atoms with Crippen LogP contribution >= 0.6 is 0 Å². The van der Waals surface area contributed by atoms with Crippen molar-refractivity contribution in [2.75, 3.05) is 44.3 Å². The summed E-state index contributed by atoms with van der Waals surface area (Å²) in [5.74, 6) is 1.97. The summed E-state index contributed by atoms with van der Waals surface area (Å²) >= 11 is 0. The van der Waals surface area contributed by atoms with E-state index in [0.29, 0.717) is 5.69 Å². The lowest BCUT2D eigenvalue weighted by Crippen LogP contribution is -2.37. The molecular formula is C18H25FN6O. The van der Waals surface area contributed by atoms with Crippen molar-refractivity contribution in [1.82, 2.24) is 24.6 Å². The van der Waals surface area contributed by atoms with Crippen LogP contribution in [0.25, 0.3) is 0 Å². The van der Waals surface area contributed by atoms with Crippen LogP contribution in [0.3, 0.4) is 0 Å². The van der Waals surface area contributed by atoms with E-state index >= 15 is 0 Å². The van der Waals surface area contributed by atoms with Gasteiger partial charge in [-0.1, -0.05) is 0 Å². The van der Waals surface area contributed by atoms with Crippen LogP contribution in [0.15, 0.2) is 18.5 Å². The van der Waals surface area contributed by atoms with E-state index in [9.17, 15) is 4.39 Å². The van der Waals surface area contributed by atoms with E-state index in [0.717, 1.165) is 70.4 Å². The van der Waals surface area contributed by atoms with Gasteiger partial charge >= 0.3 is 0 Å². The first-order chi connectivity index (χ1) is 12.7. The first kappa shape index (κ1) is 17.4. The Kier molecular flexibility index (Phi) is 5.12. The number of anilines is 1. The number of morpholine rings is 1. The zero-order valence-corrected chi connectivity index (χ0v) is 15.1. The van der Waals surface area contributed by atoms with E-state index in [4.69, 9.17) is 4.74 Å². The van der Waals surface area contributed by atoms with Gasteiger partial charge in [-0.25, -0.2) is 4.39 Å². The molecule has 1 atom stereocenters. The maximum atomic E-state index is 14.1. The fraction of sp³-hybridized carbons (Fsp3) is 0.611. The number of rotatable bonds is 4. The molecule has 26 heavy (non-hydrogen) atoms. The highest BCUT2D eigenvalue weighted by Crippen LogP contribution is 2.30. The van der Waals surface area contributed by atoms with E-state index < -0.39 is 0 Å². The average molecular weight is 360 g/mol. The van der Waals surface area contributed by atoms with E-state index in [1.165, 1.54) is 6.20 Å². The third-order valence-corrected chi connectivity index (χ3v) is 5.35. The molecule has 4 heterocycles. The minimum atomic E-state index is -0.265. The minimum absolute atomic E-state index is 0.257. The highest BCUT2D eigenvalue weighted by Gasteiger charge is 2.27. The monoisotopic (exact) mass is 360 g/mol. The van der Waals surface area contributed by atoms with Gasteiger partial charge in [0.25, 0.3) is 0 Å². The predicted molar refractivity (Wildman–Crippen MR) is 95.5 cm³/mol. The van der Waals surface area contributed by atoms with Crippen LogP contribution in [0.1, 0.15) is 30.4 Å². The van der Waals surface area contributed by atoms with Crippen LogP contribution in [-0.2, 0) is 18.3 Å². The van der Waals surface area contributed by atoms with Crippen molar-refractivity contribution >= 4 is 5.69 Å². The van der Waals surface area contributed by atoms with Crippen LogP contribution < -0.4 is 4.90 Å². The standard InChI is InChI=1S/C18H25FN6O/c1-23-17(13-24-7-9-26-10-8-24)21-22-18(23)14-3-2-6-25(12-14)16-4-5-20-11-15(16)19/h4-5,11,14H,2-3,6-10,12-13H2,1H3. The lowest BCUT2D eigenvalue weighted by atomic mass is 9.96. The lowest BCUT2D eigenvalue weighted by molar-refractivity contribution is 0.0326. The van der Waals surface area contributed by atoms with Gasteiger partial charge in [0.1, 0.15) is 11.6 Å². The average Bonchev–Trinajstić information content (AvgIpc) is 3.03. The smallest absolute Gasteiger partial charge is 0.164 e. The molecule has 0 amide bonds. The Balaban J connectivity index is 1.48. The summed E-state index contributed by atoms with van der Waals surface area (Å²) in [6.07, 6.45) is 4.98. The zero-order chi connectivity index (χ0) is 17.9. The van der Waals surface area contributed by atoms with Crippen LogP contribution in [0.2, 0.25) is 0 Å². The summed E-state index contributed by atoms with van der Waals surface area (Å²) < 4.78 is 21.6. The van der Waals surface area contributed by atoms with Gasteiger partial charge in [0.05, 0.1) is 31.6 Å². The molecule has 0 saturated carbocycles. The molecule has 0 spiro atoms. The van der Waals surface area contributed by atoms with Crippen LogP contribution in [0.5, 0.6) is 0 Å². The lowest BCUT2D eigenvalue weighted by Gasteiger charge is -2.34. The number of ether oxygens (including phenoxy) is 1. The number of pyridine rings is 1. The van der Waals surface area contributed by atoms with Crippen molar-refractivity contribution in [2.24, 2.45) is 7.05 Å². The summed E-state index contributed by atoms with van der Waals surface area (Å²) in [4.78, 5) is 8.29. The normalized spacial score (nSPS) is 21.9. The fourth-order valence-electron chi connectivity index (χ4n) is 3.86.